The second-order valence-corrected chi connectivity index (χ2v) is 8.35. The van der Waals surface area contributed by atoms with Gasteiger partial charge in [0.05, 0.1) is 37.2 Å². The van der Waals surface area contributed by atoms with Gasteiger partial charge in [-0.2, -0.15) is 4.98 Å². The van der Waals surface area contributed by atoms with Crippen molar-refractivity contribution in [1.82, 2.24) is 20.1 Å². The van der Waals surface area contributed by atoms with E-state index in [2.05, 4.69) is 25.4 Å². The highest BCUT2D eigenvalue weighted by Crippen LogP contribution is 2.34. The van der Waals surface area contributed by atoms with E-state index in [1.165, 1.54) is 0 Å². The first-order chi connectivity index (χ1) is 16.5. The van der Waals surface area contributed by atoms with Gasteiger partial charge in [0, 0.05) is 5.92 Å². The van der Waals surface area contributed by atoms with Gasteiger partial charge in [0.2, 0.25) is 11.6 Å². The minimum absolute atomic E-state index is 0.00612. The number of hydrogen-bond acceptors (Lipinski definition) is 9. The van der Waals surface area contributed by atoms with E-state index in [1.807, 2.05) is 26.8 Å². The van der Waals surface area contributed by atoms with Gasteiger partial charge in [-0.25, -0.2) is 4.98 Å². The summed E-state index contributed by atoms with van der Waals surface area (Å²) in [7, 11) is 0. The van der Waals surface area contributed by atoms with E-state index in [0.717, 1.165) is 19.3 Å². The van der Waals surface area contributed by atoms with Crippen molar-refractivity contribution in [1.29, 1.82) is 0 Å². The first-order valence-electron chi connectivity index (χ1n) is 11.5. The van der Waals surface area contributed by atoms with Crippen LogP contribution in [0.5, 0.6) is 11.6 Å². The van der Waals surface area contributed by atoms with Crippen molar-refractivity contribution in [3.8, 4) is 23.1 Å². The zero-order valence-corrected chi connectivity index (χ0v) is 19.6. The molecule has 1 aliphatic carbocycles. The van der Waals surface area contributed by atoms with Gasteiger partial charge in [0.15, 0.2) is 5.82 Å². The van der Waals surface area contributed by atoms with Gasteiger partial charge in [-0.1, -0.05) is 18.0 Å². The van der Waals surface area contributed by atoms with Gasteiger partial charge in [0.1, 0.15) is 22.8 Å². The zero-order chi connectivity index (χ0) is 24.1. The maximum Gasteiger partial charge on any atom is 0.306 e. The van der Waals surface area contributed by atoms with E-state index in [0.29, 0.717) is 65.6 Å². The number of carbonyl (C=O) groups is 1. The molecule has 0 spiro atoms. The molecule has 10 nitrogen and oxygen atoms in total. The SMILES string of the molecule is CCOc1cncc(Nc2c(C)noc2-c2ccc(OC[C@H]3CCCC[C@@H]3C(=O)O)c(C)n2)n1. The molecule has 180 valence electrons. The summed E-state index contributed by atoms with van der Waals surface area (Å²) in [5.74, 6) is 0.921. The lowest BCUT2D eigenvalue weighted by Crippen LogP contribution is -2.31. The molecule has 0 radical (unpaired) electrons. The summed E-state index contributed by atoms with van der Waals surface area (Å²) in [6.07, 6.45) is 6.69. The Morgan fingerprint density at radius 3 is 2.74 bits per heavy atom. The number of ether oxygens (including phenoxy) is 2. The second-order valence-electron chi connectivity index (χ2n) is 8.35. The summed E-state index contributed by atoms with van der Waals surface area (Å²) in [6.45, 7) is 6.40. The Kier molecular flexibility index (Phi) is 7.24. The fraction of sp³-hybridized carbons (Fsp3) is 0.458. The molecular formula is C24H29N5O5. The fourth-order valence-corrected chi connectivity index (χ4v) is 4.20. The molecular weight excluding hydrogens is 438 g/mol. The minimum Gasteiger partial charge on any atom is -0.491 e. The van der Waals surface area contributed by atoms with Crippen LogP contribution in [0.3, 0.4) is 0 Å². The van der Waals surface area contributed by atoms with Gasteiger partial charge in [-0.05, 0) is 45.7 Å². The Labute approximate surface area is 197 Å². The van der Waals surface area contributed by atoms with Crippen molar-refractivity contribution in [2.45, 2.75) is 46.5 Å². The summed E-state index contributed by atoms with van der Waals surface area (Å²) >= 11 is 0. The lowest BCUT2D eigenvalue weighted by molar-refractivity contribution is -0.145. The molecule has 3 aromatic heterocycles. The van der Waals surface area contributed by atoms with E-state index in [9.17, 15) is 9.90 Å². The number of hydrogen-bond donors (Lipinski definition) is 2. The van der Waals surface area contributed by atoms with Gasteiger partial charge in [0.25, 0.3) is 0 Å². The van der Waals surface area contributed by atoms with Crippen molar-refractivity contribution >= 4 is 17.5 Å². The maximum atomic E-state index is 11.6. The molecule has 3 aromatic rings. The van der Waals surface area contributed by atoms with Gasteiger partial charge in [-0.15, -0.1) is 0 Å². The Morgan fingerprint density at radius 1 is 1.15 bits per heavy atom. The first kappa shape index (κ1) is 23.5. The highest BCUT2D eigenvalue weighted by molar-refractivity contribution is 5.76. The number of nitrogens with zero attached hydrogens (tertiary/aromatic N) is 4. The van der Waals surface area contributed by atoms with Gasteiger partial charge in [-0.3, -0.25) is 9.78 Å². The van der Waals surface area contributed by atoms with Crippen LogP contribution in [0.2, 0.25) is 0 Å². The van der Waals surface area contributed by atoms with Crippen molar-refractivity contribution in [3.63, 3.8) is 0 Å². The van der Waals surface area contributed by atoms with Crippen LogP contribution >= 0.6 is 0 Å². The number of nitrogens with one attached hydrogen (secondary N) is 1. The van der Waals surface area contributed by atoms with Crippen LogP contribution in [0, 0.1) is 25.7 Å². The third-order valence-corrected chi connectivity index (χ3v) is 5.97. The standard InChI is InChI=1S/C24H29N5O5/c1-4-32-21-12-25-11-20(27-21)28-22-15(3)29-34-23(22)18-9-10-19(14(2)26-18)33-13-16-7-5-6-8-17(16)24(30)31/h9-12,16-17H,4-8,13H2,1-3H3,(H,27,28)(H,30,31)/t16-,17+/m1/s1. The minimum atomic E-state index is -0.740. The largest absolute Gasteiger partial charge is 0.491 e. The van der Waals surface area contributed by atoms with Crippen LogP contribution in [-0.2, 0) is 4.79 Å². The Hall–Kier alpha value is -3.69. The van der Waals surface area contributed by atoms with Crippen LogP contribution in [0.4, 0.5) is 11.5 Å². The van der Waals surface area contributed by atoms with Crippen molar-refractivity contribution in [2.75, 3.05) is 18.5 Å². The molecule has 1 saturated carbocycles. The number of carboxylic acid groups (broad SMARTS) is 1. The number of rotatable bonds is 9. The van der Waals surface area contributed by atoms with Crippen molar-refractivity contribution in [3.05, 3.63) is 35.9 Å². The molecule has 1 fully saturated rings. The molecule has 10 heteroatoms. The molecule has 0 saturated heterocycles. The summed E-state index contributed by atoms with van der Waals surface area (Å²) in [4.78, 5) is 24.7. The van der Waals surface area contributed by atoms with Crippen LogP contribution < -0.4 is 14.8 Å². The topological polar surface area (TPSA) is 132 Å². The number of pyridine rings is 1. The normalized spacial score (nSPS) is 17.9. The number of aryl methyl sites for hydroxylation is 2. The molecule has 4 rings (SSSR count). The lowest BCUT2D eigenvalue weighted by Gasteiger charge is -2.28. The Morgan fingerprint density at radius 2 is 1.97 bits per heavy atom. The molecule has 2 atom stereocenters. The average Bonchev–Trinajstić information content (AvgIpc) is 3.19. The first-order valence-corrected chi connectivity index (χ1v) is 11.5. The van der Waals surface area contributed by atoms with E-state index >= 15 is 0 Å². The molecule has 3 heterocycles. The lowest BCUT2D eigenvalue weighted by atomic mass is 9.80. The summed E-state index contributed by atoms with van der Waals surface area (Å²) in [6, 6.07) is 3.62. The third-order valence-electron chi connectivity index (χ3n) is 5.97. The Bertz CT molecular complexity index is 1150. The van der Waals surface area contributed by atoms with E-state index in [-0.39, 0.29) is 11.8 Å². The predicted octanol–water partition coefficient (Wildman–Crippen LogP) is 4.56. The smallest absolute Gasteiger partial charge is 0.306 e. The van der Waals surface area contributed by atoms with Crippen molar-refractivity contribution < 1.29 is 23.9 Å². The molecule has 0 aliphatic heterocycles. The van der Waals surface area contributed by atoms with E-state index < -0.39 is 5.97 Å². The van der Waals surface area contributed by atoms with Gasteiger partial charge >= 0.3 is 5.97 Å². The summed E-state index contributed by atoms with van der Waals surface area (Å²) < 4.78 is 17.0. The van der Waals surface area contributed by atoms with E-state index in [1.54, 1.807) is 18.5 Å². The van der Waals surface area contributed by atoms with Crippen LogP contribution in [0.25, 0.3) is 11.5 Å². The quantitative estimate of drug-likeness (QED) is 0.461. The number of anilines is 2. The maximum absolute atomic E-state index is 11.6. The molecule has 1 aliphatic rings. The molecule has 0 amide bonds. The number of aromatic nitrogens is 4. The van der Waals surface area contributed by atoms with Crippen LogP contribution in [0.1, 0.15) is 44.0 Å². The summed E-state index contributed by atoms with van der Waals surface area (Å²) in [5, 5.41) is 16.8. The monoisotopic (exact) mass is 467 g/mol. The highest BCUT2D eigenvalue weighted by Gasteiger charge is 2.31. The molecule has 0 bridgehead atoms. The second kappa shape index (κ2) is 10.5. The fourth-order valence-electron chi connectivity index (χ4n) is 4.20. The molecule has 0 unspecified atom stereocenters. The van der Waals surface area contributed by atoms with Crippen molar-refractivity contribution in [2.24, 2.45) is 11.8 Å². The molecule has 2 N–H and O–H groups in total. The average molecular weight is 468 g/mol. The number of carboxylic acids is 1. The van der Waals surface area contributed by atoms with Gasteiger partial charge < -0.3 is 24.4 Å². The summed E-state index contributed by atoms with van der Waals surface area (Å²) in [5.41, 5.74) is 2.55. The molecule has 34 heavy (non-hydrogen) atoms. The zero-order valence-electron chi connectivity index (χ0n) is 19.6. The Balaban J connectivity index is 1.50. The van der Waals surface area contributed by atoms with Crippen LogP contribution in [0.15, 0.2) is 29.0 Å². The van der Waals surface area contributed by atoms with Crippen LogP contribution in [-0.4, -0.2) is 44.4 Å². The third kappa shape index (κ3) is 5.27. The molecule has 0 aromatic carbocycles. The highest BCUT2D eigenvalue weighted by atomic mass is 16.5. The predicted molar refractivity (Wildman–Crippen MR) is 124 cm³/mol. The number of aliphatic carboxylic acids is 1. The van der Waals surface area contributed by atoms with E-state index in [4.69, 9.17) is 14.0 Å².